The number of halogens is 2. The van der Waals surface area contributed by atoms with Crippen molar-refractivity contribution in [1.29, 1.82) is 0 Å². The first-order valence-corrected chi connectivity index (χ1v) is 6.82. The molecule has 21 heavy (non-hydrogen) atoms. The second-order valence-corrected chi connectivity index (χ2v) is 5.13. The highest BCUT2D eigenvalue weighted by atomic mass is 19.2. The zero-order valence-electron chi connectivity index (χ0n) is 12.5. The monoisotopic (exact) mass is 291 g/mol. The number of ether oxygens (including phenoxy) is 1. The summed E-state index contributed by atoms with van der Waals surface area (Å²) in [6.07, 6.45) is 0. The predicted octanol–water partition coefficient (Wildman–Crippen LogP) is 3.88. The van der Waals surface area contributed by atoms with Crippen molar-refractivity contribution in [2.45, 2.75) is 27.0 Å². The van der Waals surface area contributed by atoms with Gasteiger partial charge < -0.3 is 10.1 Å². The molecule has 1 N–H and O–H groups in total. The molecular formula is C17H19F2NO. The summed E-state index contributed by atoms with van der Waals surface area (Å²) in [5.41, 5.74) is 3.85. The summed E-state index contributed by atoms with van der Waals surface area (Å²) in [5.74, 6) is -0.906. The Bertz CT molecular complexity index is 618. The van der Waals surface area contributed by atoms with Crippen molar-refractivity contribution in [3.63, 3.8) is 0 Å². The van der Waals surface area contributed by atoms with Gasteiger partial charge in [0.25, 0.3) is 0 Å². The van der Waals surface area contributed by atoms with Crippen LogP contribution in [-0.4, -0.2) is 7.05 Å². The Labute approximate surface area is 123 Å². The van der Waals surface area contributed by atoms with Crippen LogP contribution in [0.15, 0.2) is 30.3 Å². The molecule has 0 aliphatic heterocycles. The van der Waals surface area contributed by atoms with Crippen LogP contribution in [0.25, 0.3) is 0 Å². The molecule has 0 aliphatic carbocycles. The summed E-state index contributed by atoms with van der Waals surface area (Å²) in [5, 5.41) is 3.11. The van der Waals surface area contributed by atoms with Crippen LogP contribution in [0, 0.1) is 25.5 Å². The van der Waals surface area contributed by atoms with Crippen LogP contribution in [0.2, 0.25) is 0 Å². The van der Waals surface area contributed by atoms with Gasteiger partial charge in [-0.15, -0.1) is 0 Å². The largest absolute Gasteiger partial charge is 0.488 e. The SMILES string of the molecule is CNCc1cc(C)c(OCc2ccc(F)c(F)c2)c(C)c1. The summed E-state index contributed by atoms with van der Waals surface area (Å²) in [6, 6.07) is 7.92. The number of rotatable bonds is 5. The van der Waals surface area contributed by atoms with Crippen LogP contribution >= 0.6 is 0 Å². The van der Waals surface area contributed by atoms with Gasteiger partial charge in [0.1, 0.15) is 12.4 Å². The van der Waals surface area contributed by atoms with E-state index in [1.54, 1.807) is 0 Å². The summed E-state index contributed by atoms with van der Waals surface area (Å²) < 4.78 is 31.8. The lowest BCUT2D eigenvalue weighted by Crippen LogP contribution is -2.06. The van der Waals surface area contributed by atoms with Crippen LogP contribution in [0.5, 0.6) is 5.75 Å². The maximum Gasteiger partial charge on any atom is 0.159 e. The average molecular weight is 291 g/mol. The third-order valence-electron chi connectivity index (χ3n) is 3.27. The molecule has 0 aromatic heterocycles. The first-order valence-electron chi connectivity index (χ1n) is 6.82. The lowest BCUT2D eigenvalue weighted by Gasteiger charge is -2.14. The van der Waals surface area contributed by atoms with Gasteiger partial charge in [0.15, 0.2) is 11.6 Å². The van der Waals surface area contributed by atoms with E-state index in [-0.39, 0.29) is 6.61 Å². The number of aryl methyl sites for hydroxylation is 2. The van der Waals surface area contributed by atoms with E-state index >= 15 is 0 Å². The number of hydrogen-bond acceptors (Lipinski definition) is 2. The lowest BCUT2D eigenvalue weighted by molar-refractivity contribution is 0.300. The van der Waals surface area contributed by atoms with Gasteiger partial charge in [-0.3, -0.25) is 0 Å². The van der Waals surface area contributed by atoms with Crippen molar-refractivity contribution in [2.24, 2.45) is 0 Å². The first kappa shape index (κ1) is 15.4. The Balaban J connectivity index is 2.14. The van der Waals surface area contributed by atoms with E-state index in [0.717, 1.165) is 35.6 Å². The highest BCUT2D eigenvalue weighted by Gasteiger charge is 2.08. The fourth-order valence-electron chi connectivity index (χ4n) is 2.36. The summed E-state index contributed by atoms with van der Waals surface area (Å²) >= 11 is 0. The summed E-state index contributed by atoms with van der Waals surface area (Å²) in [4.78, 5) is 0. The maximum absolute atomic E-state index is 13.2. The second-order valence-electron chi connectivity index (χ2n) is 5.13. The molecule has 0 fully saturated rings. The van der Waals surface area contributed by atoms with Gasteiger partial charge in [0.05, 0.1) is 0 Å². The molecule has 0 atom stereocenters. The third-order valence-corrected chi connectivity index (χ3v) is 3.27. The summed E-state index contributed by atoms with van der Waals surface area (Å²) in [7, 11) is 1.90. The van der Waals surface area contributed by atoms with E-state index in [1.807, 2.05) is 20.9 Å². The Morgan fingerprint density at radius 1 is 0.952 bits per heavy atom. The van der Waals surface area contributed by atoms with E-state index in [0.29, 0.717) is 5.56 Å². The van der Waals surface area contributed by atoms with E-state index in [2.05, 4.69) is 17.4 Å². The molecule has 2 aromatic rings. The Hall–Kier alpha value is -1.94. The van der Waals surface area contributed by atoms with Gasteiger partial charge >= 0.3 is 0 Å². The first-order chi connectivity index (χ1) is 10.0. The fourth-order valence-corrected chi connectivity index (χ4v) is 2.36. The molecule has 0 amide bonds. The Kier molecular flexibility index (Phi) is 4.91. The molecule has 0 saturated carbocycles. The molecule has 0 heterocycles. The minimum atomic E-state index is -0.853. The minimum absolute atomic E-state index is 0.213. The van der Waals surface area contributed by atoms with Crippen molar-refractivity contribution in [3.05, 3.63) is 64.2 Å². The molecule has 0 saturated heterocycles. The third kappa shape index (κ3) is 3.79. The zero-order valence-corrected chi connectivity index (χ0v) is 12.5. The molecule has 4 heteroatoms. The number of benzene rings is 2. The normalized spacial score (nSPS) is 10.7. The highest BCUT2D eigenvalue weighted by Crippen LogP contribution is 2.26. The molecule has 112 valence electrons. The molecule has 2 aromatic carbocycles. The molecule has 0 radical (unpaired) electrons. The molecule has 0 bridgehead atoms. The van der Waals surface area contributed by atoms with Crippen LogP contribution in [0.3, 0.4) is 0 Å². The van der Waals surface area contributed by atoms with Crippen LogP contribution in [0.4, 0.5) is 8.78 Å². The van der Waals surface area contributed by atoms with Gasteiger partial charge in [-0.1, -0.05) is 18.2 Å². The van der Waals surface area contributed by atoms with E-state index < -0.39 is 11.6 Å². The van der Waals surface area contributed by atoms with Gasteiger partial charge in [-0.25, -0.2) is 8.78 Å². The highest BCUT2D eigenvalue weighted by molar-refractivity contribution is 5.43. The Morgan fingerprint density at radius 3 is 2.19 bits per heavy atom. The van der Waals surface area contributed by atoms with Crippen LogP contribution in [0.1, 0.15) is 22.3 Å². The molecule has 0 unspecified atom stereocenters. The predicted molar refractivity (Wildman–Crippen MR) is 79.4 cm³/mol. The van der Waals surface area contributed by atoms with Crippen LogP contribution in [-0.2, 0) is 13.2 Å². The zero-order chi connectivity index (χ0) is 15.4. The average Bonchev–Trinajstić information content (AvgIpc) is 2.42. The molecular weight excluding hydrogens is 272 g/mol. The second kappa shape index (κ2) is 6.68. The quantitative estimate of drug-likeness (QED) is 0.902. The number of nitrogens with one attached hydrogen (secondary N) is 1. The molecule has 0 spiro atoms. The lowest BCUT2D eigenvalue weighted by atomic mass is 10.1. The van der Waals surface area contributed by atoms with Crippen molar-refractivity contribution < 1.29 is 13.5 Å². The van der Waals surface area contributed by atoms with E-state index in [4.69, 9.17) is 4.74 Å². The fraction of sp³-hybridized carbons (Fsp3) is 0.294. The van der Waals surface area contributed by atoms with Crippen LogP contribution < -0.4 is 10.1 Å². The standard InChI is InChI=1S/C17H19F2NO/c1-11-6-14(9-20-3)7-12(2)17(11)21-10-13-4-5-15(18)16(19)8-13/h4-8,20H,9-10H2,1-3H3. The molecule has 2 nitrogen and oxygen atoms in total. The van der Waals surface area contributed by atoms with Crippen molar-refractivity contribution in [1.82, 2.24) is 5.32 Å². The van der Waals surface area contributed by atoms with Crippen molar-refractivity contribution >= 4 is 0 Å². The maximum atomic E-state index is 13.2. The smallest absolute Gasteiger partial charge is 0.159 e. The minimum Gasteiger partial charge on any atom is -0.488 e. The molecule has 0 aliphatic rings. The van der Waals surface area contributed by atoms with Gasteiger partial charge in [-0.05, 0) is 55.3 Å². The van der Waals surface area contributed by atoms with Crippen molar-refractivity contribution in [3.8, 4) is 5.75 Å². The van der Waals surface area contributed by atoms with Gasteiger partial charge in [0, 0.05) is 6.54 Å². The molecule has 2 rings (SSSR count). The van der Waals surface area contributed by atoms with E-state index in [1.165, 1.54) is 11.6 Å². The van der Waals surface area contributed by atoms with E-state index in [9.17, 15) is 8.78 Å². The van der Waals surface area contributed by atoms with Crippen molar-refractivity contribution in [2.75, 3.05) is 7.05 Å². The summed E-state index contributed by atoms with van der Waals surface area (Å²) in [6.45, 7) is 4.97. The van der Waals surface area contributed by atoms with Gasteiger partial charge in [-0.2, -0.15) is 0 Å². The topological polar surface area (TPSA) is 21.3 Å². The Morgan fingerprint density at radius 2 is 1.62 bits per heavy atom. The van der Waals surface area contributed by atoms with Gasteiger partial charge in [0.2, 0.25) is 0 Å². The number of hydrogen-bond donors (Lipinski definition) is 1.